The highest BCUT2D eigenvalue weighted by Crippen LogP contribution is 2.31. The quantitative estimate of drug-likeness (QED) is 0.421. The first-order chi connectivity index (χ1) is 17.9. The van der Waals surface area contributed by atoms with Crippen molar-refractivity contribution < 1.29 is 14.3 Å². The van der Waals surface area contributed by atoms with Crippen molar-refractivity contribution in [2.45, 2.75) is 45.1 Å². The molecule has 9 nitrogen and oxygen atoms in total. The van der Waals surface area contributed by atoms with E-state index < -0.39 is 5.97 Å². The van der Waals surface area contributed by atoms with E-state index in [0.717, 1.165) is 55.6 Å². The Hall–Kier alpha value is -3.85. The van der Waals surface area contributed by atoms with Gasteiger partial charge in [-0.2, -0.15) is 5.10 Å². The standard InChI is InChI=1S/C28H32N6O3/c1-18-14-27(33-32-18)31-26-17-23(28(36)37-22-10-12-34(2)13-11-22)29-25(30-26)9-6-19-4-3-5-20(15-19)16-24(35)21-7-8-21/h3-6,9,14-15,17,21-22H,7-8,10-13,16H2,1-2H3,(H2,29,30,31,32,33)/b9-6+. The van der Waals surface area contributed by atoms with E-state index in [9.17, 15) is 9.59 Å². The third kappa shape index (κ3) is 6.89. The molecule has 2 fully saturated rings. The number of H-pyrrole nitrogens is 1. The second-order valence-electron chi connectivity index (χ2n) is 9.96. The first-order valence-corrected chi connectivity index (χ1v) is 12.8. The molecule has 0 bridgehead atoms. The maximum absolute atomic E-state index is 13.0. The number of benzene rings is 1. The van der Waals surface area contributed by atoms with Crippen LogP contribution >= 0.6 is 0 Å². The van der Waals surface area contributed by atoms with E-state index in [0.29, 0.717) is 29.7 Å². The largest absolute Gasteiger partial charge is 0.458 e. The second kappa shape index (κ2) is 11.0. The van der Waals surface area contributed by atoms with Crippen LogP contribution in [0.15, 0.2) is 36.4 Å². The third-order valence-corrected chi connectivity index (χ3v) is 6.64. The van der Waals surface area contributed by atoms with Crippen molar-refractivity contribution in [1.29, 1.82) is 0 Å². The number of Topliss-reactive ketones (excluding diaryl/α,β-unsaturated/α-hetero) is 1. The van der Waals surface area contributed by atoms with E-state index in [2.05, 4.69) is 37.4 Å². The first kappa shape index (κ1) is 24.8. The number of hydrogen-bond donors (Lipinski definition) is 2. The van der Waals surface area contributed by atoms with Gasteiger partial charge < -0.3 is 15.0 Å². The predicted octanol–water partition coefficient (Wildman–Crippen LogP) is 4.19. The number of ketones is 1. The van der Waals surface area contributed by atoms with E-state index in [1.54, 1.807) is 12.1 Å². The van der Waals surface area contributed by atoms with E-state index >= 15 is 0 Å². The molecule has 2 aliphatic rings. The van der Waals surface area contributed by atoms with Gasteiger partial charge >= 0.3 is 5.97 Å². The minimum Gasteiger partial charge on any atom is -0.458 e. The number of nitrogens with zero attached hydrogens (tertiary/aromatic N) is 4. The van der Waals surface area contributed by atoms with Crippen LogP contribution in [0.2, 0.25) is 0 Å². The molecule has 37 heavy (non-hydrogen) atoms. The minimum atomic E-state index is -0.464. The minimum absolute atomic E-state index is 0.121. The van der Waals surface area contributed by atoms with Gasteiger partial charge in [0, 0.05) is 43.3 Å². The molecule has 1 aliphatic carbocycles. The normalized spacial score (nSPS) is 16.7. The Balaban J connectivity index is 1.35. The molecule has 0 spiro atoms. The van der Waals surface area contributed by atoms with Gasteiger partial charge in [-0.25, -0.2) is 14.8 Å². The van der Waals surface area contributed by atoms with E-state index in [-0.39, 0.29) is 17.7 Å². The van der Waals surface area contributed by atoms with Crippen LogP contribution in [0.4, 0.5) is 11.6 Å². The number of rotatable bonds is 9. The van der Waals surface area contributed by atoms with E-state index in [1.807, 2.05) is 43.3 Å². The van der Waals surface area contributed by atoms with Gasteiger partial charge in [-0.1, -0.05) is 30.3 Å². The number of likely N-dealkylation sites (tertiary alicyclic amines) is 1. The highest BCUT2D eigenvalue weighted by molar-refractivity contribution is 5.89. The molecule has 9 heteroatoms. The van der Waals surface area contributed by atoms with Crippen LogP contribution in [0, 0.1) is 12.8 Å². The molecule has 0 unspecified atom stereocenters. The van der Waals surface area contributed by atoms with Gasteiger partial charge in [-0.05, 0) is 56.9 Å². The Morgan fingerprint density at radius 3 is 2.62 bits per heavy atom. The van der Waals surface area contributed by atoms with Crippen LogP contribution in [-0.4, -0.2) is 63.1 Å². The topological polar surface area (TPSA) is 113 Å². The summed E-state index contributed by atoms with van der Waals surface area (Å²) in [6.45, 7) is 3.70. The molecule has 3 aromatic rings. The van der Waals surface area contributed by atoms with Crippen molar-refractivity contribution in [2.75, 3.05) is 25.5 Å². The third-order valence-electron chi connectivity index (χ3n) is 6.64. The summed E-state index contributed by atoms with van der Waals surface area (Å²) in [7, 11) is 2.07. The summed E-state index contributed by atoms with van der Waals surface area (Å²) in [6, 6.07) is 11.3. The van der Waals surface area contributed by atoms with Gasteiger partial charge in [-0.15, -0.1) is 0 Å². The van der Waals surface area contributed by atoms with E-state index in [1.165, 1.54) is 0 Å². The molecule has 1 aliphatic heterocycles. The number of ether oxygens (including phenoxy) is 1. The smallest absolute Gasteiger partial charge is 0.357 e. The number of piperidine rings is 1. The van der Waals surface area contributed by atoms with E-state index in [4.69, 9.17) is 4.74 Å². The molecule has 1 aromatic carbocycles. The zero-order chi connectivity index (χ0) is 25.8. The number of esters is 1. The Kier molecular flexibility index (Phi) is 7.41. The zero-order valence-corrected chi connectivity index (χ0v) is 21.2. The zero-order valence-electron chi connectivity index (χ0n) is 21.2. The fourth-order valence-corrected chi connectivity index (χ4v) is 4.37. The number of carbonyl (C=O) groups is 2. The summed E-state index contributed by atoms with van der Waals surface area (Å²) in [5, 5.41) is 10.2. The summed E-state index contributed by atoms with van der Waals surface area (Å²) in [6.07, 6.45) is 7.61. The van der Waals surface area contributed by atoms with Crippen molar-refractivity contribution in [1.82, 2.24) is 25.1 Å². The van der Waals surface area contributed by atoms with Crippen LogP contribution in [-0.2, 0) is 16.0 Å². The van der Waals surface area contributed by atoms with Crippen molar-refractivity contribution in [2.24, 2.45) is 5.92 Å². The second-order valence-corrected chi connectivity index (χ2v) is 9.96. The molecule has 1 saturated carbocycles. The summed E-state index contributed by atoms with van der Waals surface area (Å²) < 4.78 is 5.77. The van der Waals surface area contributed by atoms with Crippen molar-refractivity contribution in [3.05, 3.63) is 64.7 Å². The number of aryl methyl sites for hydroxylation is 1. The average Bonchev–Trinajstić information content (AvgIpc) is 3.66. The predicted molar refractivity (Wildman–Crippen MR) is 141 cm³/mol. The lowest BCUT2D eigenvalue weighted by Crippen LogP contribution is -2.35. The molecule has 5 rings (SSSR count). The van der Waals surface area contributed by atoms with Crippen LogP contribution < -0.4 is 5.32 Å². The monoisotopic (exact) mass is 500 g/mol. The van der Waals surface area contributed by atoms with Crippen molar-refractivity contribution in [3.8, 4) is 0 Å². The first-order valence-electron chi connectivity index (χ1n) is 12.8. The molecule has 0 radical (unpaired) electrons. The van der Waals surface area contributed by atoms with Crippen LogP contribution in [0.5, 0.6) is 0 Å². The van der Waals surface area contributed by atoms with Gasteiger partial charge in [0.2, 0.25) is 0 Å². The molecule has 1 saturated heterocycles. The maximum atomic E-state index is 13.0. The lowest BCUT2D eigenvalue weighted by atomic mass is 10.0. The summed E-state index contributed by atoms with van der Waals surface area (Å²) in [5.74, 6) is 1.49. The molecule has 0 atom stereocenters. The fourth-order valence-electron chi connectivity index (χ4n) is 4.37. The van der Waals surface area contributed by atoms with Gasteiger partial charge in [0.05, 0.1) is 0 Å². The summed E-state index contributed by atoms with van der Waals surface area (Å²) in [5.41, 5.74) is 3.01. The Morgan fingerprint density at radius 1 is 1.08 bits per heavy atom. The SMILES string of the molecule is Cc1cc(Nc2cc(C(=O)OC3CCN(C)CC3)nc(/C=C/c3cccc(CC(=O)C4CC4)c3)n2)n[nH]1. The Labute approximate surface area is 216 Å². The Bertz CT molecular complexity index is 1300. The number of nitrogens with one attached hydrogen (secondary N) is 2. The summed E-state index contributed by atoms with van der Waals surface area (Å²) >= 11 is 0. The lowest BCUT2D eigenvalue weighted by molar-refractivity contribution is -0.119. The number of aromatic nitrogens is 4. The number of carbonyl (C=O) groups excluding carboxylic acids is 2. The molecule has 192 valence electrons. The van der Waals surface area contributed by atoms with Crippen molar-refractivity contribution >= 4 is 35.5 Å². The molecule has 2 N–H and O–H groups in total. The maximum Gasteiger partial charge on any atom is 0.357 e. The van der Waals surface area contributed by atoms with Crippen LogP contribution in [0.1, 0.15) is 58.8 Å². The molecule has 2 aromatic heterocycles. The average molecular weight is 501 g/mol. The summed E-state index contributed by atoms with van der Waals surface area (Å²) in [4.78, 5) is 36.5. The number of aromatic amines is 1. The van der Waals surface area contributed by atoms with Crippen LogP contribution in [0.25, 0.3) is 12.2 Å². The molecule has 0 amide bonds. The van der Waals surface area contributed by atoms with Gasteiger partial charge in [0.1, 0.15) is 17.7 Å². The number of hydrogen-bond acceptors (Lipinski definition) is 8. The Morgan fingerprint density at radius 2 is 1.89 bits per heavy atom. The molecule has 3 heterocycles. The highest BCUT2D eigenvalue weighted by atomic mass is 16.5. The molecular formula is C28H32N6O3. The molecular weight excluding hydrogens is 468 g/mol. The van der Waals surface area contributed by atoms with Crippen LogP contribution in [0.3, 0.4) is 0 Å². The lowest BCUT2D eigenvalue weighted by Gasteiger charge is -2.28. The fraction of sp³-hybridized carbons (Fsp3) is 0.393. The van der Waals surface area contributed by atoms with Gasteiger partial charge in [0.15, 0.2) is 17.3 Å². The van der Waals surface area contributed by atoms with Gasteiger partial charge in [-0.3, -0.25) is 9.89 Å². The highest BCUT2D eigenvalue weighted by Gasteiger charge is 2.29. The van der Waals surface area contributed by atoms with Gasteiger partial charge in [0.25, 0.3) is 0 Å². The number of anilines is 2. The van der Waals surface area contributed by atoms with Crippen molar-refractivity contribution in [3.63, 3.8) is 0 Å².